The van der Waals surface area contributed by atoms with Crippen LogP contribution in [0.3, 0.4) is 0 Å². The predicted molar refractivity (Wildman–Crippen MR) is 210 cm³/mol. The van der Waals surface area contributed by atoms with Crippen LogP contribution in [0.2, 0.25) is 0 Å². The van der Waals surface area contributed by atoms with Gasteiger partial charge in [0.2, 0.25) is 0 Å². The first-order valence-electron chi connectivity index (χ1n) is 20.5. The Morgan fingerprint density at radius 3 is 1.98 bits per heavy atom. The summed E-state index contributed by atoms with van der Waals surface area (Å²) in [5, 5.41) is 13.6. The van der Waals surface area contributed by atoms with Gasteiger partial charge >= 0.3 is 47.8 Å². The molecule has 19 nitrogen and oxygen atoms in total. The van der Waals surface area contributed by atoms with Gasteiger partial charge in [0, 0.05) is 53.2 Å². The van der Waals surface area contributed by atoms with Crippen molar-refractivity contribution in [2.24, 2.45) is 11.3 Å². The lowest BCUT2D eigenvalue weighted by molar-refractivity contribution is -0.385. The number of carbonyl (C=O) groups is 8. The van der Waals surface area contributed by atoms with Crippen LogP contribution in [-0.4, -0.2) is 124 Å². The summed E-state index contributed by atoms with van der Waals surface area (Å²) in [6.07, 6.45) is -10.6. The van der Waals surface area contributed by atoms with Crippen LogP contribution in [0.25, 0.3) is 0 Å². The molecule has 12 atom stereocenters. The molecule has 1 spiro atoms. The van der Waals surface area contributed by atoms with Gasteiger partial charge in [0.25, 0.3) is 0 Å². The number of pyridine rings is 1. The van der Waals surface area contributed by atoms with Crippen LogP contribution >= 0.6 is 0 Å². The van der Waals surface area contributed by atoms with E-state index in [-0.39, 0.29) is 24.0 Å². The van der Waals surface area contributed by atoms with Crippen LogP contribution in [0.1, 0.15) is 107 Å². The van der Waals surface area contributed by atoms with Crippen molar-refractivity contribution < 1.29 is 86.1 Å². The highest BCUT2D eigenvalue weighted by atomic mass is 16.7. The van der Waals surface area contributed by atoms with Gasteiger partial charge in [-0.05, 0) is 51.0 Å². The van der Waals surface area contributed by atoms with Gasteiger partial charge in [-0.2, -0.15) is 0 Å². The molecule has 2 saturated carbocycles. The Labute approximate surface area is 362 Å². The van der Waals surface area contributed by atoms with Crippen LogP contribution in [-0.2, 0) is 71.4 Å². The third kappa shape index (κ3) is 8.11. The molecule has 3 heterocycles. The van der Waals surface area contributed by atoms with Gasteiger partial charge in [-0.3, -0.25) is 33.8 Å². The minimum absolute atomic E-state index is 0.0407. The number of aliphatic hydroxyl groups is 1. The lowest BCUT2D eigenvalue weighted by Gasteiger charge is -2.67. The minimum Gasteiger partial charge on any atom is -0.465 e. The fourth-order valence-corrected chi connectivity index (χ4v) is 10.1. The Kier molecular flexibility index (Phi) is 13.1. The van der Waals surface area contributed by atoms with E-state index >= 15 is 0 Å². The third-order valence-corrected chi connectivity index (χ3v) is 12.4. The van der Waals surface area contributed by atoms with E-state index in [9.17, 15) is 43.5 Å². The van der Waals surface area contributed by atoms with Crippen molar-refractivity contribution in [3.63, 3.8) is 0 Å². The van der Waals surface area contributed by atoms with Crippen molar-refractivity contribution in [3.05, 3.63) is 65.5 Å². The Bertz CT molecular complexity index is 2160. The Balaban J connectivity index is 1.78. The number of rotatable bonds is 9. The van der Waals surface area contributed by atoms with Gasteiger partial charge in [0.15, 0.2) is 30.0 Å². The first-order valence-corrected chi connectivity index (χ1v) is 20.5. The number of ether oxygens (including phenoxy) is 9. The van der Waals surface area contributed by atoms with Crippen molar-refractivity contribution in [1.29, 1.82) is 0 Å². The van der Waals surface area contributed by atoms with Crippen LogP contribution in [0.15, 0.2) is 48.7 Å². The highest BCUT2D eigenvalue weighted by Crippen LogP contribution is 2.70. The number of benzene rings is 1. The predicted octanol–water partition coefficient (Wildman–Crippen LogP) is 2.86. The molecule has 340 valence electrons. The van der Waals surface area contributed by atoms with Gasteiger partial charge in [0.05, 0.1) is 22.7 Å². The number of carbonyl (C=O) groups excluding carboxylic acids is 8. The zero-order chi connectivity index (χ0) is 46.2. The second-order valence-electron chi connectivity index (χ2n) is 16.6. The molecule has 3 fully saturated rings. The van der Waals surface area contributed by atoms with E-state index in [4.69, 9.17) is 42.6 Å². The largest absolute Gasteiger partial charge is 0.465 e. The van der Waals surface area contributed by atoms with Gasteiger partial charge in [0.1, 0.15) is 42.0 Å². The van der Waals surface area contributed by atoms with Crippen molar-refractivity contribution in [3.8, 4) is 0 Å². The van der Waals surface area contributed by atoms with E-state index in [1.54, 1.807) is 6.07 Å². The molecule has 1 unspecified atom stereocenters. The van der Waals surface area contributed by atoms with E-state index in [2.05, 4.69) is 4.98 Å². The molecule has 2 aliphatic heterocycles. The van der Waals surface area contributed by atoms with Crippen molar-refractivity contribution in [2.75, 3.05) is 13.2 Å². The summed E-state index contributed by atoms with van der Waals surface area (Å²) in [6.45, 7) is 7.52. The van der Waals surface area contributed by atoms with Crippen LogP contribution in [0, 0.1) is 11.3 Å². The molecule has 2 aliphatic carbocycles. The average Bonchev–Trinajstić information content (AvgIpc) is 3.43. The van der Waals surface area contributed by atoms with Crippen molar-refractivity contribution in [1.82, 2.24) is 4.98 Å². The molecular weight excluding hydrogens is 830 g/mol. The van der Waals surface area contributed by atoms with E-state index in [1.165, 1.54) is 49.5 Å². The first-order chi connectivity index (χ1) is 29.6. The summed E-state index contributed by atoms with van der Waals surface area (Å²) < 4.78 is 55.5. The second kappa shape index (κ2) is 17.7. The lowest BCUT2D eigenvalue weighted by atomic mass is 9.45. The Morgan fingerprint density at radius 2 is 1.38 bits per heavy atom. The first kappa shape index (κ1) is 46.6. The number of hydrogen-bond donors (Lipinski definition) is 1. The van der Waals surface area contributed by atoms with Crippen LogP contribution in [0.5, 0.6) is 0 Å². The molecule has 0 amide bonds. The number of fused-ring (bicyclic) bond motifs is 5. The molecule has 1 N–H and O–H groups in total. The summed E-state index contributed by atoms with van der Waals surface area (Å²) >= 11 is 0. The summed E-state index contributed by atoms with van der Waals surface area (Å²) in [5.74, 6) is -10.1. The molecular formula is C44H51NO18. The number of aromatic nitrogens is 1. The van der Waals surface area contributed by atoms with Crippen molar-refractivity contribution >= 4 is 47.8 Å². The normalized spacial score (nSPS) is 34.6. The van der Waals surface area contributed by atoms with Gasteiger partial charge in [-0.25, -0.2) is 9.59 Å². The Morgan fingerprint density at radius 1 is 0.778 bits per heavy atom. The van der Waals surface area contributed by atoms with E-state index in [1.807, 2.05) is 6.92 Å². The zero-order valence-electron chi connectivity index (χ0n) is 36.1. The number of hydrogen-bond acceptors (Lipinski definition) is 19. The number of nitrogens with zero attached hydrogens (tertiary/aromatic N) is 1. The topological polar surface area (TPSA) is 253 Å². The molecule has 63 heavy (non-hydrogen) atoms. The van der Waals surface area contributed by atoms with Crippen molar-refractivity contribution in [2.45, 2.75) is 134 Å². The fourth-order valence-electron chi connectivity index (χ4n) is 10.1. The average molecular weight is 882 g/mol. The minimum atomic E-state index is -2.84. The summed E-state index contributed by atoms with van der Waals surface area (Å²) in [5.41, 5.74) is -10.1. The monoisotopic (exact) mass is 881 g/mol. The third-order valence-electron chi connectivity index (χ3n) is 12.4. The van der Waals surface area contributed by atoms with Gasteiger partial charge in [-0.15, -0.1) is 0 Å². The Hall–Kier alpha value is -5.95. The second-order valence-corrected chi connectivity index (χ2v) is 16.6. The quantitative estimate of drug-likeness (QED) is 0.281. The maximum atomic E-state index is 14.4. The SMILES string of the molecule is CCC1CCC(=O)O[C@H]2[C@H](OC(C)=O)[C@H](OC(=O)c3ccccc3)[C@@]3(COC(C)=O)[C@H](OC(C)=O)[C@H](OC(C)=O)[C@@H]4[C@@H](OC(C)=O)[C@]3(O[C@]4(C)COC(=O)c3cccnc31)[C@@]2(C)O. The van der Waals surface area contributed by atoms with Crippen LogP contribution in [0.4, 0.5) is 0 Å². The smallest absolute Gasteiger partial charge is 0.340 e. The molecule has 1 aromatic carbocycles. The highest BCUT2D eigenvalue weighted by Gasteiger charge is 2.92. The highest BCUT2D eigenvalue weighted by molar-refractivity contribution is 5.91. The fraction of sp³-hybridized carbons (Fsp3) is 0.568. The molecule has 2 aromatic rings. The molecule has 19 heteroatoms. The lowest BCUT2D eigenvalue weighted by Crippen LogP contribution is -2.89. The molecule has 6 rings (SSSR count). The van der Waals surface area contributed by atoms with Crippen LogP contribution < -0.4 is 0 Å². The standard InChI is InChI=1S/C44H51NO18/c1-9-27-17-18-30(51)61-36-34(58-24(4)48)38(62-39(52)28-14-11-10-12-15-28)43(21-55-22(2)46)37(60-26(6)50)33(57-23(3)47)31-35(59-25(5)49)44(43,42(36,8)54)63-41(31,7)20-56-40(53)29-16-13-19-45-32(27)29/h10-16,19,27,31,33-38,54H,9,17-18,20-21H2,1-8H3/t27?,31-,33-,34+,35-,36+,37-,38+,41-,42+,43-,44+/m1/s1. The van der Waals surface area contributed by atoms with E-state index < -0.39 is 132 Å². The molecule has 4 aliphatic rings. The van der Waals surface area contributed by atoms with E-state index in [0.29, 0.717) is 12.1 Å². The summed E-state index contributed by atoms with van der Waals surface area (Å²) in [6, 6.07) is 10.4. The molecule has 1 aromatic heterocycles. The van der Waals surface area contributed by atoms with Gasteiger partial charge < -0.3 is 47.7 Å². The number of cyclic esters (lactones) is 1. The summed E-state index contributed by atoms with van der Waals surface area (Å²) in [4.78, 5) is 114. The molecule has 4 bridgehead atoms. The summed E-state index contributed by atoms with van der Waals surface area (Å²) in [7, 11) is 0. The maximum absolute atomic E-state index is 14.4. The maximum Gasteiger partial charge on any atom is 0.340 e. The number of esters is 8. The molecule has 1 saturated heterocycles. The molecule has 0 radical (unpaired) electrons. The van der Waals surface area contributed by atoms with E-state index in [0.717, 1.165) is 41.5 Å². The van der Waals surface area contributed by atoms with Gasteiger partial charge in [-0.1, -0.05) is 25.1 Å². The zero-order valence-corrected chi connectivity index (χ0v) is 36.1.